The van der Waals surface area contributed by atoms with Gasteiger partial charge in [-0.1, -0.05) is 34.4 Å². The van der Waals surface area contributed by atoms with Crippen LogP contribution in [0.15, 0.2) is 22.7 Å². The van der Waals surface area contributed by atoms with Crippen molar-refractivity contribution in [2.75, 3.05) is 7.05 Å². The van der Waals surface area contributed by atoms with Gasteiger partial charge in [0.1, 0.15) is 0 Å². The third-order valence-corrected chi connectivity index (χ3v) is 3.84. The van der Waals surface area contributed by atoms with Crippen LogP contribution in [-0.2, 0) is 19.3 Å². The molecule has 7 heteroatoms. The fourth-order valence-electron chi connectivity index (χ4n) is 1.80. The molecule has 0 bridgehead atoms. The first kappa shape index (κ1) is 18.2. The van der Waals surface area contributed by atoms with Gasteiger partial charge in [-0.3, -0.25) is 0 Å². The number of rotatable bonds is 6. The first-order chi connectivity index (χ1) is 9.58. The van der Waals surface area contributed by atoms with E-state index in [1.807, 2.05) is 19.2 Å². The Hall–Kier alpha value is -0.810. The summed E-state index contributed by atoms with van der Waals surface area (Å²) in [6, 6.07) is 5.95. The zero-order chi connectivity index (χ0) is 14.5. The molecule has 0 amide bonds. The van der Waals surface area contributed by atoms with Crippen LogP contribution in [0.1, 0.15) is 24.2 Å². The van der Waals surface area contributed by atoms with Gasteiger partial charge in [0, 0.05) is 18.9 Å². The highest BCUT2D eigenvalue weighted by atomic mass is 35.5. The van der Waals surface area contributed by atoms with Crippen LogP contribution in [0.4, 0.5) is 0 Å². The molecule has 1 N–H and O–H groups in total. The van der Waals surface area contributed by atoms with Crippen LogP contribution in [0.3, 0.4) is 0 Å². The minimum Gasteiger partial charge on any atom is -0.339 e. The third kappa shape index (κ3) is 5.47. The molecule has 0 aliphatic heterocycles. The Morgan fingerprint density at radius 2 is 2.00 bits per heavy atom. The lowest BCUT2D eigenvalue weighted by Crippen LogP contribution is -2.24. The van der Waals surface area contributed by atoms with E-state index >= 15 is 0 Å². The average Bonchev–Trinajstić information content (AvgIpc) is 2.87. The predicted octanol–water partition coefficient (Wildman–Crippen LogP) is 3.73. The van der Waals surface area contributed by atoms with E-state index in [-0.39, 0.29) is 12.4 Å². The summed E-state index contributed by atoms with van der Waals surface area (Å²) in [6.07, 6.45) is 2.24. The fourth-order valence-corrected chi connectivity index (χ4v) is 2.12. The van der Waals surface area contributed by atoms with Gasteiger partial charge >= 0.3 is 0 Å². The van der Waals surface area contributed by atoms with Crippen molar-refractivity contribution >= 4 is 35.6 Å². The van der Waals surface area contributed by atoms with Gasteiger partial charge in [0.2, 0.25) is 5.89 Å². The van der Waals surface area contributed by atoms with Crippen molar-refractivity contribution in [3.8, 4) is 0 Å². The molecule has 0 radical (unpaired) electrons. The van der Waals surface area contributed by atoms with Crippen LogP contribution in [0.2, 0.25) is 10.0 Å². The molecule has 2 rings (SSSR count). The number of halogens is 3. The van der Waals surface area contributed by atoms with Gasteiger partial charge in [0.05, 0.1) is 10.0 Å². The van der Waals surface area contributed by atoms with Crippen LogP contribution >= 0.6 is 35.6 Å². The second kappa shape index (κ2) is 8.59. The molecule has 0 saturated heterocycles. The number of likely N-dealkylation sites (N-methyl/N-ethyl adjacent to an activating group) is 1. The summed E-state index contributed by atoms with van der Waals surface area (Å²) in [5.41, 5.74) is 1.10. The number of aromatic nitrogens is 2. The van der Waals surface area contributed by atoms with E-state index in [0.717, 1.165) is 24.2 Å². The molecular weight excluding hydrogens is 333 g/mol. The van der Waals surface area contributed by atoms with Crippen LogP contribution in [0.5, 0.6) is 0 Å². The molecule has 0 aliphatic rings. The molecule has 1 atom stereocenters. The molecule has 0 saturated carbocycles. The van der Waals surface area contributed by atoms with Gasteiger partial charge in [0.25, 0.3) is 0 Å². The van der Waals surface area contributed by atoms with Crippen molar-refractivity contribution in [1.82, 2.24) is 15.5 Å². The molecule has 0 fully saturated rings. The standard InChI is InChI=1S/C14H17Cl2N3O.ClH/c1-9(17-2)7-13-18-14(20-19-13)6-4-10-3-5-11(15)12(16)8-10;/h3,5,8-9,17H,4,6-7H2,1-2H3;1H. The van der Waals surface area contributed by atoms with Gasteiger partial charge < -0.3 is 9.84 Å². The molecular formula is C14H18Cl3N3O. The van der Waals surface area contributed by atoms with Crippen molar-refractivity contribution < 1.29 is 4.52 Å². The van der Waals surface area contributed by atoms with Crippen LogP contribution < -0.4 is 5.32 Å². The Labute approximate surface area is 140 Å². The van der Waals surface area contributed by atoms with Gasteiger partial charge in [-0.15, -0.1) is 12.4 Å². The van der Waals surface area contributed by atoms with E-state index in [2.05, 4.69) is 22.4 Å². The highest BCUT2D eigenvalue weighted by molar-refractivity contribution is 6.42. The molecule has 1 aromatic carbocycles. The summed E-state index contributed by atoms with van der Waals surface area (Å²) < 4.78 is 5.24. The van der Waals surface area contributed by atoms with Crippen molar-refractivity contribution in [3.63, 3.8) is 0 Å². The molecule has 2 aromatic rings. The van der Waals surface area contributed by atoms with Crippen molar-refractivity contribution in [1.29, 1.82) is 0 Å². The van der Waals surface area contributed by atoms with E-state index in [1.54, 1.807) is 6.07 Å². The van der Waals surface area contributed by atoms with Gasteiger partial charge in [0.15, 0.2) is 5.82 Å². The maximum Gasteiger partial charge on any atom is 0.226 e. The van der Waals surface area contributed by atoms with Crippen LogP contribution in [0, 0.1) is 0 Å². The normalized spacial score (nSPS) is 12.0. The molecule has 21 heavy (non-hydrogen) atoms. The second-order valence-electron chi connectivity index (χ2n) is 4.75. The Balaban J connectivity index is 0.00000220. The van der Waals surface area contributed by atoms with Crippen LogP contribution in [0.25, 0.3) is 0 Å². The van der Waals surface area contributed by atoms with E-state index in [4.69, 9.17) is 27.7 Å². The number of nitrogens with one attached hydrogen (secondary N) is 1. The minimum absolute atomic E-state index is 0. The van der Waals surface area contributed by atoms with E-state index in [9.17, 15) is 0 Å². The summed E-state index contributed by atoms with van der Waals surface area (Å²) in [5, 5.41) is 8.25. The zero-order valence-corrected chi connectivity index (χ0v) is 14.2. The quantitative estimate of drug-likeness (QED) is 0.862. The van der Waals surface area contributed by atoms with E-state index < -0.39 is 0 Å². The summed E-state index contributed by atoms with van der Waals surface area (Å²) in [5.74, 6) is 1.38. The third-order valence-electron chi connectivity index (χ3n) is 3.10. The Morgan fingerprint density at radius 3 is 2.67 bits per heavy atom. The summed E-state index contributed by atoms with van der Waals surface area (Å²) in [7, 11) is 1.91. The molecule has 4 nitrogen and oxygen atoms in total. The summed E-state index contributed by atoms with van der Waals surface area (Å²) >= 11 is 11.9. The monoisotopic (exact) mass is 349 g/mol. The van der Waals surface area contributed by atoms with Gasteiger partial charge in [-0.25, -0.2) is 0 Å². The SMILES string of the molecule is CNC(C)Cc1noc(CCc2ccc(Cl)c(Cl)c2)n1.Cl. The van der Waals surface area contributed by atoms with Crippen molar-refractivity contribution in [2.24, 2.45) is 0 Å². The fraction of sp³-hybridized carbons (Fsp3) is 0.429. The zero-order valence-electron chi connectivity index (χ0n) is 11.9. The number of nitrogens with zero attached hydrogens (tertiary/aromatic N) is 2. The van der Waals surface area contributed by atoms with E-state index in [0.29, 0.717) is 28.4 Å². The smallest absolute Gasteiger partial charge is 0.226 e. The highest BCUT2D eigenvalue weighted by Gasteiger charge is 2.09. The Kier molecular flexibility index (Phi) is 7.46. The lowest BCUT2D eigenvalue weighted by molar-refractivity contribution is 0.371. The lowest BCUT2D eigenvalue weighted by Gasteiger charge is -2.04. The minimum atomic E-state index is 0. The van der Waals surface area contributed by atoms with Crippen molar-refractivity contribution in [3.05, 3.63) is 45.5 Å². The summed E-state index contributed by atoms with van der Waals surface area (Å²) in [6.45, 7) is 2.08. The second-order valence-corrected chi connectivity index (χ2v) is 5.56. The maximum atomic E-state index is 5.98. The molecule has 0 spiro atoms. The predicted molar refractivity (Wildman–Crippen MR) is 87.6 cm³/mol. The number of hydrogen-bond donors (Lipinski definition) is 1. The first-order valence-corrected chi connectivity index (χ1v) is 7.26. The number of hydrogen-bond acceptors (Lipinski definition) is 4. The molecule has 1 heterocycles. The molecule has 116 valence electrons. The van der Waals surface area contributed by atoms with Crippen molar-refractivity contribution in [2.45, 2.75) is 32.2 Å². The number of benzene rings is 1. The van der Waals surface area contributed by atoms with Gasteiger partial charge in [-0.2, -0.15) is 4.98 Å². The highest BCUT2D eigenvalue weighted by Crippen LogP contribution is 2.23. The van der Waals surface area contributed by atoms with Crippen LogP contribution in [-0.4, -0.2) is 23.2 Å². The average molecular weight is 351 g/mol. The maximum absolute atomic E-state index is 5.98. The number of aryl methyl sites for hydroxylation is 2. The molecule has 1 unspecified atom stereocenters. The Morgan fingerprint density at radius 1 is 1.24 bits per heavy atom. The first-order valence-electron chi connectivity index (χ1n) is 6.51. The summed E-state index contributed by atoms with van der Waals surface area (Å²) in [4.78, 5) is 4.38. The van der Waals surface area contributed by atoms with E-state index in [1.165, 1.54) is 0 Å². The topological polar surface area (TPSA) is 51.0 Å². The van der Waals surface area contributed by atoms with Gasteiger partial charge in [-0.05, 0) is 38.1 Å². The lowest BCUT2D eigenvalue weighted by atomic mass is 10.1. The molecule has 1 aromatic heterocycles. The molecule has 0 aliphatic carbocycles. The Bertz CT molecular complexity index is 574. The largest absolute Gasteiger partial charge is 0.339 e.